The highest BCUT2D eigenvalue weighted by molar-refractivity contribution is 7.18. The fraction of sp³-hybridized carbons (Fsp3) is 0.381. The van der Waals surface area contributed by atoms with Crippen LogP contribution >= 0.6 is 11.3 Å². The summed E-state index contributed by atoms with van der Waals surface area (Å²) in [7, 11) is 0. The molecule has 2 rings (SSSR count). The van der Waals surface area contributed by atoms with E-state index in [-0.39, 0.29) is 24.2 Å². The van der Waals surface area contributed by atoms with Gasteiger partial charge in [-0.1, -0.05) is 32.9 Å². The number of nitrogens with one attached hydrogen (secondary N) is 1. The van der Waals surface area contributed by atoms with Crippen LogP contribution in [0.2, 0.25) is 0 Å². The molecule has 0 radical (unpaired) electrons. The number of benzene rings is 1. The van der Waals surface area contributed by atoms with Crippen LogP contribution in [0.15, 0.2) is 24.3 Å². The number of hydrogen-bond acceptors (Lipinski definition) is 6. The summed E-state index contributed by atoms with van der Waals surface area (Å²) in [5, 5.41) is 12.3. The predicted octanol–water partition coefficient (Wildman–Crippen LogP) is 4.42. The number of esters is 1. The molecule has 1 amide bonds. The lowest BCUT2D eigenvalue weighted by atomic mass is 9.87. The third-order valence-corrected chi connectivity index (χ3v) is 5.25. The molecular weight excluding hydrogens is 376 g/mol. The average molecular weight is 401 g/mol. The normalized spacial score (nSPS) is 10.9. The van der Waals surface area contributed by atoms with Gasteiger partial charge >= 0.3 is 5.97 Å². The van der Waals surface area contributed by atoms with Crippen molar-refractivity contribution in [1.82, 2.24) is 0 Å². The monoisotopic (exact) mass is 400 g/mol. The van der Waals surface area contributed by atoms with Gasteiger partial charge in [0.05, 0.1) is 12.2 Å². The predicted molar refractivity (Wildman–Crippen MR) is 109 cm³/mol. The van der Waals surface area contributed by atoms with Crippen LogP contribution in [0.3, 0.4) is 0 Å². The van der Waals surface area contributed by atoms with Gasteiger partial charge in [0.2, 0.25) is 0 Å². The minimum atomic E-state index is -0.503. The molecule has 0 bridgehead atoms. The van der Waals surface area contributed by atoms with Crippen molar-refractivity contribution in [3.05, 3.63) is 45.8 Å². The summed E-state index contributed by atoms with van der Waals surface area (Å²) in [6.45, 7) is 9.77. The molecule has 1 N–H and O–H groups in total. The van der Waals surface area contributed by atoms with E-state index < -0.39 is 11.9 Å². The van der Waals surface area contributed by atoms with E-state index >= 15 is 0 Å². The lowest BCUT2D eigenvalue weighted by molar-refractivity contribution is -0.118. The summed E-state index contributed by atoms with van der Waals surface area (Å²) in [4.78, 5) is 24.5. The maximum atomic E-state index is 12.2. The SMILES string of the molecule is CCOC(=O)c1sc(NC(=O)COc2ccc(C(C)(C)C)cc2)c(C#N)c1C. The van der Waals surface area contributed by atoms with Gasteiger partial charge in [-0.15, -0.1) is 11.3 Å². The van der Waals surface area contributed by atoms with Crippen LogP contribution in [0.25, 0.3) is 0 Å². The molecule has 1 heterocycles. The molecule has 7 heteroatoms. The fourth-order valence-electron chi connectivity index (χ4n) is 2.49. The highest BCUT2D eigenvalue weighted by Crippen LogP contribution is 2.33. The van der Waals surface area contributed by atoms with Gasteiger partial charge in [0, 0.05) is 0 Å². The van der Waals surface area contributed by atoms with Crippen molar-refractivity contribution in [1.29, 1.82) is 5.26 Å². The molecule has 148 valence electrons. The van der Waals surface area contributed by atoms with E-state index in [0.717, 1.165) is 11.3 Å². The molecule has 6 nitrogen and oxygen atoms in total. The molecule has 2 aromatic rings. The Hall–Kier alpha value is -2.85. The maximum absolute atomic E-state index is 12.2. The van der Waals surface area contributed by atoms with Crippen LogP contribution in [-0.4, -0.2) is 25.1 Å². The van der Waals surface area contributed by atoms with Crippen LogP contribution in [0.5, 0.6) is 5.75 Å². The largest absolute Gasteiger partial charge is 0.484 e. The Morgan fingerprint density at radius 3 is 2.39 bits per heavy atom. The first-order valence-electron chi connectivity index (χ1n) is 8.91. The number of amides is 1. The summed E-state index contributed by atoms with van der Waals surface area (Å²) in [6.07, 6.45) is 0. The molecule has 0 saturated heterocycles. The van der Waals surface area contributed by atoms with E-state index in [1.165, 1.54) is 5.56 Å². The smallest absolute Gasteiger partial charge is 0.348 e. The van der Waals surface area contributed by atoms with E-state index in [4.69, 9.17) is 9.47 Å². The molecule has 0 aliphatic rings. The molecule has 0 fully saturated rings. The molecule has 0 aliphatic carbocycles. The number of nitrogens with zero attached hydrogens (tertiary/aromatic N) is 1. The van der Waals surface area contributed by atoms with Gasteiger partial charge in [0.1, 0.15) is 21.7 Å². The molecule has 0 atom stereocenters. The quantitative estimate of drug-likeness (QED) is 0.725. The van der Waals surface area contributed by atoms with Crippen molar-refractivity contribution in [3.8, 4) is 11.8 Å². The van der Waals surface area contributed by atoms with E-state index in [1.807, 2.05) is 30.3 Å². The minimum Gasteiger partial charge on any atom is -0.484 e. The molecular formula is C21H24N2O4S. The molecule has 0 aliphatic heterocycles. The van der Waals surface area contributed by atoms with Gasteiger partial charge in [-0.2, -0.15) is 5.26 Å². The molecule has 28 heavy (non-hydrogen) atoms. The average Bonchev–Trinajstić information content (AvgIpc) is 2.95. The second-order valence-corrected chi connectivity index (χ2v) is 8.22. The highest BCUT2D eigenvalue weighted by atomic mass is 32.1. The van der Waals surface area contributed by atoms with Gasteiger partial charge < -0.3 is 14.8 Å². The van der Waals surface area contributed by atoms with E-state index in [1.54, 1.807) is 13.8 Å². The second kappa shape index (κ2) is 8.89. The number of carbonyl (C=O) groups excluding carboxylic acids is 2. The molecule has 1 aromatic heterocycles. The zero-order valence-electron chi connectivity index (χ0n) is 16.7. The Balaban J connectivity index is 2.04. The minimum absolute atomic E-state index is 0.0390. The number of thiophene rings is 1. The standard InChI is InChI=1S/C21H24N2O4S/c1-6-26-20(25)18-13(2)16(11-22)19(28-18)23-17(24)12-27-15-9-7-14(8-10-15)21(3,4)5/h7-10H,6,12H2,1-5H3,(H,23,24). The first kappa shape index (κ1) is 21.5. The van der Waals surface area contributed by atoms with Gasteiger partial charge in [-0.05, 0) is 42.5 Å². The Bertz CT molecular complexity index is 902. The molecule has 1 aromatic carbocycles. The van der Waals surface area contributed by atoms with Gasteiger partial charge in [-0.3, -0.25) is 4.79 Å². The second-order valence-electron chi connectivity index (χ2n) is 7.20. The van der Waals surface area contributed by atoms with E-state index in [0.29, 0.717) is 21.2 Å². The lowest BCUT2D eigenvalue weighted by Gasteiger charge is -2.19. The van der Waals surface area contributed by atoms with E-state index in [2.05, 4.69) is 26.1 Å². The Labute approximate surface area is 169 Å². The highest BCUT2D eigenvalue weighted by Gasteiger charge is 2.22. The molecule has 0 unspecified atom stereocenters. The van der Waals surface area contributed by atoms with Crippen LogP contribution in [0.1, 0.15) is 54.1 Å². The van der Waals surface area contributed by atoms with Gasteiger partial charge in [0.15, 0.2) is 6.61 Å². The van der Waals surface area contributed by atoms with Crippen molar-refractivity contribution < 1.29 is 19.1 Å². The topological polar surface area (TPSA) is 88.4 Å². The number of hydrogen-bond donors (Lipinski definition) is 1. The van der Waals surface area contributed by atoms with Crippen molar-refractivity contribution >= 4 is 28.2 Å². The lowest BCUT2D eigenvalue weighted by Crippen LogP contribution is -2.20. The third kappa shape index (κ3) is 5.11. The van der Waals surface area contributed by atoms with Crippen LogP contribution in [0, 0.1) is 18.3 Å². The summed E-state index contributed by atoms with van der Waals surface area (Å²) >= 11 is 1.03. The number of carbonyl (C=O) groups is 2. The van der Waals surface area contributed by atoms with Crippen molar-refractivity contribution in [2.24, 2.45) is 0 Å². The summed E-state index contributed by atoms with van der Waals surface area (Å²) in [6, 6.07) is 9.61. The van der Waals surface area contributed by atoms with Gasteiger partial charge in [-0.25, -0.2) is 4.79 Å². The number of nitriles is 1. The van der Waals surface area contributed by atoms with Gasteiger partial charge in [0.25, 0.3) is 5.91 Å². The van der Waals surface area contributed by atoms with Crippen LogP contribution in [0.4, 0.5) is 5.00 Å². The molecule has 0 spiro atoms. The van der Waals surface area contributed by atoms with Crippen molar-refractivity contribution in [3.63, 3.8) is 0 Å². The zero-order valence-corrected chi connectivity index (χ0v) is 17.5. The first-order chi connectivity index (χ1) is 13.2. The first-order valence-corrected chi connectivity index (χ1v) is 9.72. The number of ether oxygens (including phenoxy) is 2. The summed E-state index contributed by atoms with van der Waals surface area (Å²) in [5.41, 5.74) is 1.97. The van der Waals surface area contributed by atoms with Crippen LogP contribution < -0.4 is 10.1 Å². The third-order valence-electron chi connectivity index (χ3n) is 4.06. The van der Waals surface area contributed by atoms with Crippen LogP contribution in [-0.2, 0) is 14.9 Å². The van der Waals surface area contributed by atoms with E-state index in [9.17, 15) is 14.9 Å². The van der Waals surface area contributed by atoms with Crippen molar-refractivity contribution in [2.75, 3.05) is 18.5 Å². The summed E-state index contributed by atoms with van der Waals surface area (Å²) in [5.74, 6) is -0.330. The summed E-state index contributed by atoms with van der Waals surface area (Å²) < 4.78 is 10.5. The Morgan fingerprint density at radius 1 is 1.21 bits per heavy atom. The maximum Gasteiger partial charge on any atom is 0.348 e. The van der Waals surface area contributed by atoms with Crippen molar-refractivity contribution in [2.45, 2.75) is 40.0 Å². The zero-order chi connectivity index (χ0) is 20.9. The molecule has 0 saturated carbocycles. The fourth-order valence-corrected chi connectivity index (χ4v) is 3.56. The Kier molecular flexibility index (Phi) is 6.81. The number of rotatable bonds is 6. The Morgan fingerprint density at radius 2 is 1.86 bits per heavy atom. The number of anilines is 1.